The molecule has 1 aromatic rings. The Balaban J connectivity index is 2.53. The molecule has 1 aromatic carbocycles. The maximum atomic E-state index is 11.3. The Hall–Kier alpha value is -1.71. The standard InChI is InChI=1S/C18H27NO3/c1-12(2)15-7-5-13(3)10-18(15,19-11-20)14-6-8-17(22-4)16(21)9-14/h6,8-9,11-13,15,21H,5,7,10H2,1-4H3,(H,19,20). The van der Waals surface area contributed by atoms with Crippen molar-refractivity contribution in [1.29, 1.82) is 0 Å². The molecule has 0 bridgehead atoms. The van der Waals surface area contributed by atoms with Crippen molar-refractivity contribution in [3.63, 3.8) is 0 Å². The minimum atomic E-state index is -0.419. The summed E-state index contributed by atoms with van der Waals surface area (Å²) in [6, 6.07) is 5.47. The van der Waals surface area contributed by atoms with Crippen LogP contribution in [0.25, 0.3) is 0 Å². The van der Waals surface area contributed by atoms with E-state index in [0.29, 0.717) is 23.5 Å². The Morgan fingerprint density at radius 1 is 1.41 bits per heavy atom. The molecule has 1 amide bonds. The average Bonchev–Trinajstić information content (AvgIpc) is 2.47. The van der Waals surface area contributed by atoms with Gasteiger partial charge in [0.15, 0.2) is 11.5 Å². The van der Waals surface area contributed by atoms with Crippen LogP contribution in [-0.4, -0.2) is 18.6 Å². The molecule has 2 rings (SSSR count). The largest absolute Gasteiger partial charge is 0.504 e. The maximum Gasteiger partial charge on any atom is 0.207 e. The number of nitrogens with one attached hydrogen (secondary N) is 1. The predicted molar refractivity (Wildman–Crippen MR) is 86.9 cm³/mol. The van der Waals surface area contributed by atoms with E-state index in [4.69, 9.17) is 4.74 Å². The molecule has 0 aromatic heterocycles. The van der Waals surface area contributed by atoms with Crippen molar-refractivity contribution in [1.82, 2.24) is 5.32 Å². The van der Waals surface area contributed by atoms with E-state index in [1.54, 1.807) is 12.1 Å². The van der Waals surface area contributed by atoms with Gasteiger partial charge < -0.3 is 15.2 Å². The maximum absolute atomic E-state index is 11.3. The van der Waals surface area contributed by atoms with Crippen molar-refractivity contribution in [2.24, 2.45) is 17.8 Å². The zero-order chi connectivity index (χ0) is 16.3. The van der Waals surface area contributed by atoms with Gasteiger partial charge >= 0.3 is 0 Å². The lowest BCUT2D eigenvalue weighted by Crippen LogP contribution is -2.53. The third-order valence-electron chi connectivity index (χ3n) is 5.09. The van der Waals surface area contributed by atoms with Gasteiger partial charge in [-0.1, -0.05) is 33.3 Å². The predicted octanol–water partition coefficient (Wildman–Crippen LogP) is 3.43. The van der Waals surface area contributed by atoms with Gasteiger partial charge in [-0.05, 0) is 48.3 Å². The molecule has 0 radical (unpaired) electrons. The van der Waals surface area contributed by atoms with Crippen LogP contribution in [0.15, 0.2) is 18.2 Å². The molecule has 4 nitrogen and oxygen atoms in total. The van der Waals surface area contributed by atoms with Crippen LogP contribution < -0.4 is 10.1 Å². The normalized spacial score (nSPS) is 28.4. The Bertz CT molecular complexity index is 529. The number of carbonyl (C=O) groups is 1. The zero-order valence-electron chi connectivity index (χ0n) is 13.9. The monoisotopic (exact) mass is 305 g/mol. The number of phenolic OH excluding ortho intramolecular Hbond substituents is 1. The molecule has 1 saturated carbocycles. The summed E-state index contributed by atoms with van der Waals surface area (Å²) in [6.45, 7) is 6.62. The van der Waals surface area contributed by atoms with Crippen LogP contribution in [0.3, 0.4) is 0 Å². The first-order valence-electron chi connectivity index (χ1n) is 8.03. The number of phenols is 1. The van der Waals surface area contributed by atoms with E-state index >= 15 is 0 Å². The first-order chi connectivity index (χ1) is 10.4. The van der Waals surface area contributed by atoms with E-state index in [9.17, 15) is 9.90 Å². The minimum absolute atomic E-state index is 0.118. The van der Waals surface area contributed by atoms with E-state index in [2.05, 4.69) is 26.1 Å². The lowest BCUT2D eigenvalue weighted by molar-refractivity contribution is -0.113. The van der Waals surface area contributed by atoms with Gasteiger partial charge in [0.25, 0.3) is 0 Å². The SMILES string of the molecule is COc1ccc(C2(NC=O)CC(C)CCC2C(C)C)cc1O. The number of amides is 1. The van der Waals surface area contributed by atoms with Crippen molar-refractivity contribution in [2.75, 3.05) is 7.11 Å². The molecule has 1 aliphatic carbocycles. The van der Waals surface area contributed by atoms with Crippen molar-refractivity contribution in [3.8, 4) is 11.5 Å². The van der Waals surface area contributed by atoms with Gasteiger partial charge in [0.2, 0.25) is 6.41 Å². The molecule has 0 heterocycles. The molecule has 4 heteroatoms. The number of benzene rings is 1. The molecule has 3 unspecified atom stereocenters. The fourth-order valence-corrected chi connectivity index (χ4v) is 4.07. The van der Waals surface area contributed by atoms with Crippen LogP contribution >= 0.6 is 0 Å². The Labute approximate surface area is 132 Å². The van der Waals surface area contributed by atoms with E-state index in [1.165, 1.54) is 13.5 Å². The second-order valence-electron chi connectivity index (χ2n) is 6.86. The number of methoxy groups -OCH3 is 1. The Morgan fingerprint density at radius 2 is 2.14 bits per heavy atom. The van der Waals surface area contributed by atoms with E-state index < -0.39 is 5.54 Å². The fourth-order valence-electron chi connectivity index (χ4n) is 4.07. The van der Waals surface area contributed by atoms with Crippen LogP contribution in [0.5, 0.6) is 11.5 Å². The van der Waals surface area contributed by atoms with Gasteiger partial charge in [0.1, 0.15) is 0 Å². The summed E-state index contributed by atoms with van der Waals surface area (Å²) in [4.78, 5) is 11.3. The zero-order valence-corrected chi connectivity index (χ0v) is 13.9. The van der Waals surface area contributed by atoms with E-state index in [0.717, 1.165) is 24.8 Å². The summed E-state index contributed by atoms with van der Waals surface area (Å²) in [5.41, 5.74) is 0.542. The van der Waals surface area contributed by atoms with Crippen LogP contribution in [0, 0.1) is 17.8 Å². The molecular formula is C18H27NO3. The Kier molecular flexibility index (Phi) is 4.99. The number of hydrogen-bond donors (Lipinski definition) is 2. The topological polar surface area (TPSA) is 58.6 Å². The quantitative estimate of drug-likeness (QED) is 0.819. The molecule has 22 heavy (non-hydrogen) atoms. The number of aromatic hydroxyl groups is 1. The highest BCUT2D eigenvalue weighted by molar-refractivity contribution is 5.52. The van der Waals surface area contributed by atoms with Crippen molar-refractivity contribution < 1.29 is 14.6 Å². The average molecular weight is 305 g/mol. The molecule has 2 N–H and O–H groups in total. The molecule has 0 saturated heterocycles. The molecular weight excluding hydrogens is 278 g/mol. The second-order valence-corrected chi connectivity index (χ2v) is 6.86. The first-order valence-corrected chi connectivity index (χ1v) is 8.03. The van der Waals surface area contributed by atoms with E-state index in [1.807, 2.05) is 6.07 Å². The highest BCUT2D eigenvalue weighted by Crippen LogP contribution is 2.48. The lowest BCUT2D eigenvalue weighted by atomic mass is 9.62. The molecule has 122 valence electrons. The van der Waals surface area contributed by atoms with Gasteiger partial charge in [-0.25, -0.2) is 0 Å². The summed E-state index contributed by atoms with van der Waals surface area (Å²) >= 11 is 0. The van der Waals surface area contributed by atoms with Gasteiger partial charge in [0, 0.05) is 0 Å². The summed E-state index contributed by atoms with van der Waals surface area (Å²) in [7, 11) is 1.54. The van der Waals surface area contributed by atoms with E-state index in [-0.39, 0.29) is 5.75 Å². The number of carbonyl (C=O) groups excluding carboxylic acids is 1. The first kappa shape index (κ1) is 16.7. The van der Waals surface area contributed by atoms with Gasteiger partial charge in [-0.2, -0.15) is 0 Å². The van der Waals surface area contributed by atoms with Crippen LogP contribution in [0.2, 0.25) is 0 Å². The molecule has 3 atom stereocenters. The molecule has 0 aliphatic heterocycles. The van der Waals surface area contributed by atoms with Crippen molar-refractivity contribution >= 4 is 6.41 Å². The van der Waals surface area contributed by atoms with Crippen LogP contribution in [-0.2, 0) is 10.3 Å². The highest BCUT2D eigenvalue weighted by atomic mass is 16.5. The smallest absolute Gasteiger partial charge is 0.207 e. The van der Waals surface area contributed by atoms with Gasteiger partial charge in [-0.3, -0.25) is 4.79 Å². The number of ether oxygens (including phenoxy) is 1. The van der Waals surface area contributed by atoms with Crippen LogP contribution in [0.1, 0.15) is 45.6 Å². The second kappa shape index (κ2) is 6.59. The summed E-state index contributed by atoms with van der Waals surface area (Å²) < 4.78 is 5.14. The third kappa shape index (κ3) is 2.92. The third-order valence-corrected chi connectivity index (χ3v) is 5.09. The molecule has 0 spiro atoms. The summed E-state index contributed by atoms with van der Waals surface area (Å²) in [6.07, 6.45) is 3.94. The number of hydrogen-bond acceptors (Lipinski definition) is 3. The lowest BCUT2D eigenvalue weighted by Gasteiger charge is -2.48. The summed E-state index contributed by atoms with van der Waals surface area (Å²) in [5, 5.41) is 13.3. The van der Waals surface area contributed by atoms with Gasteiger partial charge in [0.05, 0.1) is 12.6 Å². The number of rotatable bonds is 5. The highest BCUT2D eigenvalue weighted by Gasteiger charge is 2.45. The molecule has 1 aliphatic rings. The minimum Gasteiger partial charge on any atom is -0.504 e. The fraction of sp³-hybridized carbons (Fsp3) is 0.611. The van der Waals surface area contributed by atoms with Crippen molar-refractivity contribution in [2.45, 2.75) is 45.6 Å². The Morgan fingerprint density at radius 3 is 2.68 bits per heavy atom. The summed E-state index contributed by atoms with van der Waals surface area (Å²) in [5.74, 6) is 1.90. The van der Waals surface area contributed by atoms with Gasteiger partial charge in [-0.15, -0.1) is 0 Å². The van der Waals surface area contributed by atoms with Crippen molar-refractivity contribution in [3.05, 3.63) is 23.8 Å². The van der Waals surface area contributed by atoms with Crippen LogP contribution in [0.4, 0.5) is 0 Å². The molecule has 1 fully saturated rings.